The van der Waals surface area contributed by atoms with Crippen LogP contribution in [-0.4, -0.2) is 54.6 Å². The maximum atomic E-state index is 4.50. The second-order valence-electron chi connectivity index (χ2n) is 5.58. The molecule has 1 fully saturated rings. The Hall–Kier alpha value is -1.20. The van der Waals surface area contributed by atoms with E-state index in [9.17, 15) is 0 Å². The number of nitrogens with one attached hydrogen (secondary N) is 1. The van der Waals surface area contributed by atoms with E-state index in [4.69, 9.17) is 0 Å². The lowest BCUT2D eigenvalue weighted by Crippen LogP contribution is -2.34. The van der Waals surface area contributed by atoms with Crippen molar-refractivity contribution in [2.75, 3.05) is 38.6 Å². The third-order valence-electron chi connectivity index (χ3n) is 3.79. The van der Waals surface area contributed by atoms with Crippen LogP contribution in [0.3, 0.4) is 0 Å². The summed E-state index contributed by atoms with van der Waals surface area (Å²) in [6, 6.07) is 0.588. The molecule has 5 nitrogen and oxygen atoms in total. The highest BCUT2D eigenvalue weighted by atomic mass is 15.3. The van der Waals surface area contributed by atoms with Gasteiger partial charge in [-0.05, 0) is 26.6 Å². The molecule has 5 heteroatoms. The molecular formula is C14H25N5. The highest BCUT2D eigenvalue weighted by Gasteiger charge is 2.32. The minimum atomic E-state index is 0.588. The largest absolute Gasteiger partial charge is 0.339 e. The smallest absolute Gasteiger partial charge is 0.225 e. The Balaban J connectivity index is 1.99. The third-order valence-corrected chi connectivity index (χ3v) is 3.79. The van der Waals surface area contributed by atoms with Crippen molar-refractivity contribution in [2.24, 2.45) is 5.92 Å². The summed E-state index contributed by atoms with van der Waals surface area (Å²) in [4.78, 5) is 13.6. The van der Waals surface area contributed by atoms with Gasteiger partial charge in [0.25, 0.3) is 0 Å². The molecule has 0 bridgehead atoms. The highest BCUT2D eigenvalue weighted by molar-refractivity contribution is 5.33. The maximum absolute atomic E-state index is 4.50. The number of anilines is 1. The van der Waals surface area contributed by atoms with Crippen LogP contribution >= 0.6 is 0 Å². The van der Waals surface area contributed by atoms with E-state index >= 15 is 0 Å². The third kappa shape index (κ3) is 3.42. The number of hydrogen-bond donors (Lipinski definition) is 1. The molecule has 1 N–H and O–H groups in total. The van der Waals surface area contributed by atoms with Gasteiger partial charge in [0, 0.05) is 43.6 Å². The lowest BCUT2D eigenvalue weighted by molar-refractivity contribution is 0.266. The standard InChI is InChI=1S/C14H25N5/c1-5-15-6-12-7-16-14(17-8-12)19-9-11(2)13(10-19)18(3)4/h7-8,11,13,15H,5-6,9-10H2,1-4H3. The van der Waals surface area contributed by atoms with Crippen molar-refractivity contribution >= 4 is 5.95 Å². The molecule has 0 radical (unpaired) electrons. The average molecular weight is 263 g/mol. The number of aromatic nitrogens is 2. The molecule has 2 atom stereocenters. The van der Waals surface area contributed by atoms with E-state index in [1.54, 1.807) is 0 Å². The van der Waals surface area contributed by atoms with E-state index < -0.39 is 0 Å². The zero-order chi connectivity index (χ0) is 13.8. The van der Waals surface area contributed by atoms with E-state index in [0.29, 0.717) is 12.0 Å². The predicted molar refractivity (Wildman–Crippen MR) is 78.3 cm³/mol. The number of likely N-dealkylation sites (N-methyl/N-ethyl adjacent to an activating group) is 1. The Morgan fingerprint density at radius 3 is 2.53 bits per heavy atom. The Morgan fingerprint density at radius 2 is 2.00 bits per heavy atom. The van der Waals surface area contributed by atoms with Gasteiger partial charge in [-0.2, -0.15) is 0 Å². The van der Waals surface area contributed by atoms with Gasteiger partial charge in [-0.1, -0.05) is 13.8 Å². The minimum Gasteiger partial charge on any atom is -0.339 e. The van der Waals surface area contributed by atoms with Gasteiger partial charge in [-0.25, -0.2) is 9.97 Å². The molecule has 0 saturated carbocycles. The summed E-state index contributed by atoms with van der Waals surface area (Å²) < 4.78 is 0. The van der Waals surface area contributed by atoms with Crippen LogP contribution in [0.1, 0.15) is 19.4 Å². The summed E-state index contributed by atoms with van der Waals surface area (Å²) >= 11 is 0. The fraction of sp³-hybridized carbons (Fsp3) is 0.714. The Labute approximate surface area is 116 Å². The summed E-state index contributed by atoms with van der Waals surface area (Å²) in [7, 11) is 4.29. The van der Waals surface area contributed by atoms with Crippen molar-refractivity contribution in [3.8, 4) is 0 Å². The molecule has 1 aliphatic rings. The SMILES string of the molecule is CCNCc1cnc(N2CC(C)C(N(C)C)C2)nc1. The Bertz CT molecular complexity index is 389. The Morgan fingerprint density at radius 1 is 1.32 bits per heavy atom. The quantitative estimate of drug-likeness (QED) is 0.857. The van der Waals surface area contributed by atoms with E-state index in [-0.39, 0.29) is 0 Å². The Kier molecular flexibility index (Phi) is 4.71. The number of hydrogen-bond acceptors (Lipinski definition) is 5. The van der Waals surface area contributed by atoms with Crippen molar-refractivity contribution in [3.63, 3.8) is 0 Å². The van der Waals surface area contributed by atoms with Gasteiger partial charge in [-0.3, -0.25) is 0 Å². The maximum Gasteiger partial charge on any atom is 0.225 e. The second-order valence-corrected chi connectivity index (χ2v) is 5.58. The molecule has 1 aromatic rings. The van der Waals surface area contributed by atoms with Crippen LogP contribution in [-0.2, 0) is 6.54 Å². The zero-order valence-corrected chi connectivity index (χ0v) is 12.4. The van der Waals surface area contributed by atoms with Gasteiger partial charge in [0.2, 0.25) is 5.95 Å². The van der Waals surface area contributed by atoms with Gasteiger partial charge in [0.05, 0.1) is 0 Å². The molecule has 2 heterocycles. The van der Waals surface area contributed by atoms with Crippen LogP contribution in [0, 0.1) is 5.92 Å². The number of rotatable bonds is 5. The van der Waals surface area contributed by atoms with E-state index in [0.717, 1.165) is 37.7 Å². The van der Waals surface area contributed by atoms with Crippen molar-refractivity contribution in [2.45, 2.75) is 26.4 Å². The second kappa shape index (κ2) is 6.30. The normalized spacial score (nSPS) is 23.3. The molecule has 106 valence electrons. The summed E-state index contributed by atoms with van der Waals surface area (Å²) in [5.74, 6) is 1.51. The first-order valence-corrected chi connectivity index (χ1v) is 7.04. The van der Waals surface area contributed by atoms with Gasteiger partial charge in [0.15, 0.2) is 0 Å². The topological polar surface area (TPSA) is 44.3 Å². The molecular weight excluding hydrogens is 238 g/mol. The van der Waals surface area contributed by atoms with Crippen LogP contribution in [0.5, 0.6) is 0 Å². The molecule has 2 unspecified atom stereocenters. The van der Waals surface area contributed by atoms with E-state index in [2.05, 4.69) is 53.0 Å². The molecule has 0 amide bonds. The van der Waals surface area contributed by atoms with Crippen LogP contribution in [0.25, 0.3) is 0 Å². The lowest BCUT2D eigenvalue weighted by atomic mass is 10.1. The minimum absolute atomic E-state index is 0.588. The molecule has 19 heavy (non-hydrogen) atoms. The molecule has 0 aromatic carbocycles. The fourth-order valence-corrected chi connectivity index (χ4v) is 2.66. The summed E-state index contributed by atoms with van der Waals surface area (Å²) in [5.41, 5.74) is 1.14. The summed E-state index contributed by atoms with van der Waals surface area (Å²) in [5, 5.41) is 3.28. The van der Waals surface area contributed by atoms with E-state index in [1.165, 1.54) is 0 Å². The molecule has 1 saturated heterocycles. The lowest BCUT2D eigenvalue weighted by Gasteiger charge is -2.22. The van der Waals surface area contributed by atoms with Crippen LogP contribution in [0.4, 0.5) is 5.95 Å². The van der Waals surface area contributed by atoms with Crippen LogP contribution < -0.4 is 10.2 Å². The van der Waals surface area contributed by atoms with Crippen LogP contribution in [0.15, 0.2) is 12.4 Å². The predicted octanol–water partition coefficient (Wildman–Crippen LogP) is 0.972. The van der Waals surface area contributed by atoms with Crippen LogP contribution in [0.2, 0.25) is 0 Å². The van der Waals surface area contributed by atoms with Crippen molar-refractivity contribution in [1.82, 2.24) is 20.2 Å². The van der Waals surface area contributed by atoms with Gasteiger partial charge >= 0.3 is 0 Å². The molecule has 1 aliphatic heterocycles. The van der Waals surface area contributed by atoms with Gasteiger partial charge < -0.3 is 15.1 Å². The molecule has 0 aliphatic carbocycles. The molecule has 1 aromatic heterocycles. The first-order valence-electron chi connectivity index (χ1n) is 7.04. The first-order chi connectivity index (χ1) is 9.11. The highest BCUT2D eigenvalue weighted by Crippen LogP contribution is 2.23. The number of nitrogens with zero attached hydrogens (tertiary/aromatic N) is 4. The van der Waals surface area contributed by atoms with Gasteiger partial charge in [-0.15, -0.1) is 0 Å². The average Bonchev–Trinajstić information content (AvgIpc) is 2.79. The zero-order valence-electron chi connectivity index (χ0n) is 12.4. The summed E-state index contributed by atoms with van der Waals surface area (Å²) in [6.45, 7) is 8.26. The molecule has 2 rings (SSSR count). The van der Waals surface area contributed by atoms with Crippen molar-refractivity contribution < 1.29 is 0 Å². The molecule has 0 spiro atoms. The van der Waals surface area contributed by atoms with Crippen molar-refractivity contribution in [3.05, 3.63) is 18.0 Å². The van der Waals surface area contributed by atoms with E-state index in [1.807, 2.05) is 12.4 Å². The van der Waals surface area contributed by atoms with Crippen molar-refractivity contribution in [1.29, 1.82) is 0 Å². The fourth-order valence-electron chi connectivity index (χ4n) is 2.66. The first kappa shape index (κ1) is 14.2. The summed E-state index contributed by atoms with van der Waals surface area (Å²) in [6.07, 6.45) is 3.86. The monoisotopic (exact) mass is 263 g/mol. The van der Waals surface area contributed by atoms with Gasteiger partial charge in [0.1, 0.15) is 0 Å².